The van der Waals surface area contributed by atoms with Crippen LogP contribution in [0.1, 0.15) is 63.8 Å². The lowest BCUT2D eigenvalue weighted by molar-refractivity contribution is 0.449. The topological polar surface area (TPSA) is 0 Å². The van der Waals surface area contributed by atoms with Crippen molar-refractivity contribution in [3.05, 3.63) is 28.0 Å². The smallest absolute Gasteiger partial charge is 0.0434 e. The summed E-state index contributed by atoms with van der Waals surface area (Å²) in [6.07, 6.45) is 8.92. The van der Waals surface area contributed by atoms with Crippen molar-refractivity contribution < 1.29 is 0 Å². The summed E-state index contributed by atoms with van der Waals surface area (Å²) in [4.78, 5) is 2.99. The maximum atomic E-state index is 2.34. The lowest BCUT2D eigenvalue weighted by Crippen LogP contribution is -2.04. The minimum atomic E-state index is 0.859. The maximum Gasteiger partial charge on any atom is 0.0434 e. The molecule has 108 valence electrons. The average Bonchev–Trinajstić information content (AvgIpc) is 2.88. The molecule has 0 aliphatic heterocycles. The molecule has 0 N–H and O–H groups in total. The van der Waals surface area contributed by atoms with Crippen molar-refractivity contribution in [2.45, 2.75) is 59.8 Å². The van der Waals surface area contributed by atoms with E-state index in [0.29, 0.717) is 0 Å². The predicted molar refractivity (Wildman–Crippen MR) is 93.1 cm³/mol. The van der Waals surface area contributed by atoms with Crippen molar-refractivity contribution in [2.75, 3.05) is 5.75 Å². The van der Waals surface area contributed by atoms with Crippen LogP contribution in [-0.4, -0.2) is 5.75 Å². The summed E-state index contributed by atoms with van der Waals surface area (Å²) in [5.41, 5.74) is 1.57. The first-order chi connectivity index (χ1) is 9.26. The number of thiophene rings is 1. The molecule has 1 heterocycles. The van der Waals surface area contributed by atoms with Gasteiger partial charge >= 0.3 is 0 Å². The molecule has 19 heavy (non-hydrogen) atoms. The van der Waals surface area contributed by atoms with Crippen LogP contribution in [0.3, 0.4) is 0 Å². The molecule has 1 atom stereocenters. The normalized spacial score (nSPS) is 13.8. The van der Waals surface area contributed by atoms with Gasteiger partial charge in [-0.25, -0.2) is 0 Å². The average molecular weight is 297 g/mol. The van der Waals surface area contributed by atoms with Gasteiger partial charge in [-0.1, -0.05) is 52.5 Å². The van der Waals surface area contributed by atoms with E-state index in [2.05, 4.69) is 45.2 Å². The summed E-state index contributed by atoms with van der Waals surface area (Å²) < 4.78 is 0. The fourth-order valence-electron chi connectivity index (χ4n) is 2.40. The monoisotopic (exact) mass is 296 g/mol. The molecule has 0 fully saturated rings. The van der Waals surface area contributed by atoms with Gasteiger partial charge in [0, 0.05) is 9.78 Å². The molecule has 0 aromatic carbocycles. The molecule has 0 saturated carbocycles. The third-order valence-corrected chi connectivity index (χ3v) is 5.74. The first-order valence-electron chi connectivity index (χ1n) is 7.62. The van der Waals surface area contributed by atoms with E-state index < -0.39 is 0 Å². The molecule has 0 radical (unpaired) electrons. The van der Waals surface area contributed by atoms with Crippen LogP contribution in [0.2, 0.25) is 0 Å². The van der Waals surface area contributed by atoms with Gasteiger partial charge in [0.2, 0.25) is 0 Å². The Bertz CT molecular complexity index is 376. The zero-order valence-corrected chi connectivity index (χ0v) is 14.5. The Morgan fingerprint density at radius 2 is 2.16 bits per heavy atom. The molecule has 0 nitrogen and oxygen atoms in total. The Hall–Kier alpha value is -0.210. The summed E-state index contributed by atoms with van der Waals surface area (Å²) in [7, 11) is 0. The van der Waals surface area contributed by atoms with Crippen LogP contribution in [0, 0.1) is 5.92 Å². The molecule has 1 unspecified atom stereocenters. The van der Waals surface area contributed by atoms with Crippen molar-refractivity contribution in [3.63, 3.8) is 0 Å². The SMILES string of the molecule is C/C=C(\SCC)c1sccc1CC(CC)CCCC. The van der Waals surface area contributed by atoms with Gasteiger partial charge < -0.3 is 0 Å². The van der Waals surface area contributed by atoms with E-state index in [0.717, 1.165) is 11.7 Å². The van der Waals surface area contributed by atoms with Crippen molar-refractivity contribution in [1.29, 1.82) is 0 Å². The highest BCUT2D eigenvalue weighted by atomic mass is 32.2. The van der Waals surface area contributed by atoms with E-state index in [1.807, 2.05) is 23.1 Å². The molecule has 1 aromatic rings. The summed E-state index contributed by atoms with van der Waals surface area (Å²) in [6, 6.07) is 2.34. The Morgan fingerprint density at radius 1 is 1.37 bits per heavy atom. The molecule has 0 aliphatic rings. The molecular weight excluding hydrogens is 268 g/mol. The van der Waals surface area contributed by atoms with Gasteiger partial charge in [0.05, 0.1) is 0 Å². The highest BCUT2D eigenvalue weighted by Crippen LogP contribution is 2.35. The van der Waals surface area contributed by atoms with Crippen LogP contribution in [0.4, 0.5) is 0 Å². The number of thioether (sulfide) groups is 1. The van der Waals surface area contributed by atoms with Crippen LogP contribution in [0.25, 0.3) is 4.91 Å². The number of rotatable bonds is 9. The Kier molecular flexibility index (Phi) is 8.56. The second-order valence-electron chi connectivity index (χ2n) is 4.98. The quantitative estimate of drug-likeness (QED) is 0.493. The van der Waals surface area contributed by atoms with Gasteiger partial charge in [-0.2, -0.15) is 0 Å². The predicted octanol–water partition coefficient (Wildman–Crippen LogP) is 6.62. The lowest BCUT2D eigenvalue weighted by atomic mass is 9.92. The Labute approximate surface area is 127 Å². The third-order valence-electron chi connectivity index (χ3n) is 3.58. The van der Waals surface area contributed by atoms with Gasteiger partial charge in [0.1, 0.15) is 0 Å². The first kappa shape index (κ1) is 16.8. The van der Waals surface area contributed by atoms with E-state index in [-0.39, 0.29) is 0 Å². The fourth-order valence-corrected chi connectivity index (χ4v) is 4.37. The molecule has 1 aromatic heterocycles. The van der Waals surface area contributed by atoms with Gasteiger partial charge in [-0.15, -0.1) is 23.1 Å². The van der Waals surface area contributed by atoms with E-state index >= 15 is 0 Å². The van der Waals surface area contributed by atoms with E-state index in [4.69, 9.17) is 0 Å². The van der Waals surface area contributed by atoms with E-state index in [1.165, 1.54) is 41.9 Å². The molecule has 2 heteroatoms. The maximum absolute atomic E-state index is 2.34. The summed E-state index contributed by atoms with van der Waals surface area (Å²) in [5.74, 6) is 2.02. The molecule has 0 aliphatic carbocycles. The summed E-state index contributed by atoms with van der Waals surface area (Å²) >= 11 is 3.88. The van der Waals surface area contributed by atoms with Gasteiger partial charge in [-0.05, 0) is 42.0 Å². The second kappa shape index (κ2) is 9.66. The minimum Gasteiger partial charge on any atom is -0.143 e. The largest absolute Gasteiger partial charge is 0.143 e. The first-order valence-corrected chi connectivity index (χ1v) is 9.49. The van der Waals surface area contributed by atoms with Crippen molar-refractivity contribution in [3.8, 4) is 0 Å². The number of unbranched alkanes of at least 4 members (excludes halogenated alkanes) is 1. The van der Waals surface area contributed by atoms with Crippen LogP contribution >= 0.6 is 23.1 Å². The molecule has 0 bridgehead atoms. The lowest BCUT2D eigenvalue weighted by Gasteiger charge is -2.15. The van der Waals surface area contributed by atoms with Crippen LogP contribution < -0.4 is 0 Å². The molecular formula is C17H28S2. The molecule has 0 spiro atoms. The van der Waals surface area contributed by atoms with Crippen LogP contribution in [-0.2, 0) is 6.42 Å². The van der Waals surface area contributed by atoms with Gasteiger partial charge in [0.25, 0.3) is 0 Å². The van der Waals surface area contributed by atoms with Crippen molar-refractivity contribution >= 4 is 28.0 Å². The minimum absolute atomic E-state index is 0.859. The Balaban J connectivity index is 2.75. The summed E-state index contributed by atoms with van der Waals surface area (Å²) in [5, 5.41) is 2.26. The van der Waals surface area contributed by atoms with E-state index in [1.54, 1.807) is 5.56 Å². The number of hydrogen-bond acceptors (Lipinski definition) is 2. The van der Waals surface area contributed by atoms with Crippen molar-refractivity contribution in [2.24, 2.45) is 5.92 Å². The number of hydrogen-bond donors (Lipinski definition) is 0. The molecule has 0 amide bonds. The van der Waals surface area contributed by atoms with Crippen molar-refractivity contribution in [1.82, 2.24) is 0 Å². The van der Waals surface area contributed by atoms with Gasteiger partial charge in [0.15, 0.2) is 0 Å². The second-order valence-corrected chi connectivity index (χ2v) is 7.20. The van der Waals surface area contributed by atoms with E-state index in [9.17, 15) is 0 Å². The standard InChI is InChI=1S/C17H28S2/c1-5-9-10-14(6-2)13-15-11-12-19-17(15)16(7-3)18-8-4/h7,11-12,14H,5-6,8-10,13H2,1-4H3/b16-7-. The summed E-state index contributed by atoms with van der Waals surface area (Å²) in [6.45, 7) is 9.02. The highest BCUT2D eigenvalue weighted by Gasteiger charge is 2.13. The van der Waals surface area contributed by atoms with Crippen LogP contribution in [0.5, 0.6) is 0 Å². The zero-order chi connectivity index (χ0) is 14.1. The fraction of sp³-hybridized carbons (Fsp3) is 0.647. The van der Waals surface area contributed by atoms with Crippen LogP contribution in [0.15, 0.2) is 17.5 Å². The molecule has 0 saturated heterocycles. The highest BCUT2D eigenvalue weighted by molar-refractivity contribution is 8.08. The number of allylic oxidation sites excluding steroid dienone is 1. The third kappa shape index (κ3) is 5.35. The zero-order valence-electron chi connectivity index (χ0n) is 12.9. The Morgan fingerprint density at radius 3 is 2.74 bits per heavy atom. The molecule has 1 rings (SSSR count). The van der Waals surface area contributed by atoms with Gasteiger partial charge in [-0.3, -0.25) is 0 Å².